The number of ether oxygens (including phenoxy) is 3. The van der Waals surface area contributed by atoms with E-state index in [1.807, 2.05) is 50.2 Å². The summed E-state index contributed by atoms with van der Waals surface area (Å²) in [6, 6.07) is 12.0. The quantitative estimate of drug-likeness (QED) is 0.396. The van der Waals surface area contributed by atoms with E-state index in [0.717, 1.165) is 36.1 Å². The van der Waals surface area contributed by atoms with E-state index in [4.69, 9.17) is 14.2 Å². The van der Waals surface area contributed by atoms with Crippen molar-refractivity contribution in [1.29, 1.82) is 0 Å². The van der Waals surface area contributed by atoms with Crippen LogP contribution in [0.4, 0.5) is 0 Å². The number of hydrogen-bond acceptors (Lipinski definition) is 6. The Morgan fingerprint density at radius 1 is 1.18 bits per heavy atom. The summed E-state index contributed by atoms with van der Waals surface area (Å²) in [6.07, 6.45) is 2.43. The maximum Gasteiger partial charge on any atom is 0.295 e. The van der Waals surface area contributed by atoms with E-state index in [1.165, 1.54) is 4.90 Å². The van der Waals surface area contributed by atoms with Crippen LogP contribution in [0, 0.1) is 0 Å². The molecule has 0 aromatic heterocycles. The molecule has 3 atom stereocenters. The van der Waals surface area contributed by atoms with Crippen molar-refractivity contribution in [1.82, 2.24) is 4.90 Å². The number of carbonyl (C=O) groups excluding carboxylic acids is 2. The van der Waals surface area contributed by atoms with Crippen LogP contribution in [0.1, 0.15) is 49.4 Å². The number of nitrogens with zero attached hydrogens (tertiary/aromatic N) is 1. The van der Waals surface area contributed by atoms with Crippen molar-refractivity contribution in [3.05, 3.63) is 64.7 Å². The first-order valence-electron chi connectivity index (χ1n) is 11.9. The zero-order valence-corrected chi connectivity index (χ0v) is 19.5. The van der Waals surface area contributed by atoms with Gasteiger partial charge >= 0.3 is 0 Å². The third-order valence-corrected chi connectivity index (χ3v) is 6.64. The van der Waals surface area contributed by atoms with Gasteiger partial charge in [-0.2, -0.15) is 0 Å². The van der Waals surface area contributed by atoms with E-state index >= 15 is 0 Å². The molecule has 3 aliphatic heterocycles. The van der Waals surface area contributed by atoms with Gasteiger partial charge in [-0.25, -0.2) is 0 Å². The molecule has 3 aliphatic rings. The van der Waals surface area contributed by atoms with Crippen molar-refractivity contribution in [2.75, 3.05) is 19.8 Å². The van der Waals surface area contributed by atoms with Gasteiger partial charge < -0.3 is 24.2 Å². The van der Waals surface area contributed by atoms with Gasteiger partial charge in [-0.15, -0.1) is 0 Å². The molecule has 3 heterocycles. The number of Topliss-reactive ketones (excluding diaryl/α,β-unsaturated/α-hetero) is 1. The highest BCUT2D eigenvalue weighted by atomic mass is 16.5. The second-order valence-electron chi connectivity index (χ2n) is 9.04. The molecule has 0 aliphatic carbocycles. The van der Waals surface area contributed by atoms with Crippen LogP contribution in [0.3, 0.4) is 0 Å². The predicted octanol–water partition coefficient (Wildman–Crippen LogP) is 4.01. The lowest BCUT2D eigenvalue weighted by Gasteiger charge is -2.27. The minimum atomic E-state index is -0.705. The molecule has 7 heteroatoms. The summed E-state index contributed by atoms with van der Waals surface area (Å²) >= 11 is 0. The van der Waals surface area contributed by atoms with Gasteiger partial charge in [0.05, 0.1) is 24.3 Å². The van der Waals surface area contributed by atoms with E-state index in [1.54, 1.807) is 6.07 Å². The molecule has 2 saturated heterocycles. The van der Waals surface area contributed by atoms with Gasteiger partial charge in [0.15, 0.2) is 0 Å². The molecule has 0 spiro atoms. The van der Waals surface area contributed by atoms with E-state index in [0.29, 0.717) is 31.1 Å². The van der Waals surface area contributed by atoms with E-state index in [9.17, 15) is 14.7 Å². The molecule has 2 aromatic rings. The van der Waals surface area contributed by atoms with Crippen molar-refractivity contribution in [3.8, 4) is 11.5 Å². The predicted molar refractivity (Wildman–Crippen MR) is 126 cm³/mol. The van der Waals surface area contributed by atoms with Gasteiger partial charge in [0.1, 0.15) is 23.4 Å². The Balaban J connectivity index is 1.57. The van der Waals surface area contributed by atoms with Gasteiger partial charge in [-0.1, -0.05) is 12.1 Å². The first-order valence-corrected chi connectivity index (χ1v) is 11.9. The number of aliphatic hydroxyl groups is 1. The number of carbonyl (C=O) groups is 2. The molecule has 0 bridgehead atoms. The Bertz CT molecular complexity index is 1130. The smallest absolute Gasteiger partial charge is 0.295 e. The zero-order chi connectivity index (χ0) is 23.8. The maximum atomic E-state index is 13.2. The molecule has 2 fully saturated rings. The van der Waals surface area contributed by atoms with Crippen molar-refractivity contribution >= 4 is 17.4 Å². The molecule has 2 aromatic carbocycles. The zero-order valence-electron chi connectivity index (χ0n) is 19.5. The highest BCUT2D eigenvalue weighted by Crippen LogP contribution is 2.41. The Hall–Kier alpha value is -3.32. The van der Waals surface area contributed by atoms with Crippen LogP contribution in [0.5, 0.6) is 11.5 Å². The number of amides is 1. The maximum absolute atomic E-state index is 13.2. The Morgan fingerprint density at radius 3 is 2.68 bits per heavy atom. The standard InChI is InChI=1S/C27H29NO6/c1-3-32-20-9-6-17(7-10-20)24-23(26(30)27(31)28(24)15-21-5-4-12-33-21)25(29)18-8-11-22-19(14-18)13-16(2)34-22/h6-11,14,16,21,24,29H,3-5,12-13,15H2,1-2H3. The van der Waals surface area contributed by atoms with Crippen LogP contribution in [0.25, 0.3) is 5.76 Å². The molecule has 3 unspecified atom stereocenters. The third kappa shape index (κ3) is 4.05. The Morgan fingerprint density at radius 2 is 1.97 bits per heavy atom. The number of fused-ring (bicyclic) bond motifs is 1. The molecule has 178 valence electrons. The fourth-order valence-electron chi connectivity index (χ4n) is 5.06. The summed E-state index contributed by atoms with van der Waals surface area (Å²) < 4.78 is 17.1. The fourth-order valence-corrected chi connectivity index (χ4v) is 5.06. The van der Waals surface area contributed by atoms with Gasteiger partial charge in [0.25, 0.3) is 11.7 Å². The summed E-state index contributed by atoms with van der Waals surface area (Å²) in [5, 5.41) is 11.3. The van der Waals surface area contributed by atoms with Gasteiger partial charge in [-0.05, 0) is 68.1 Å². The lowest BCUT2D eigenvalue weighted by atomic mass is 9.94. The summed E-state index contributed by atoms with van der Waals surface area (Å²) in [6.45, 7) is 5.39. The highest BCUT2D eigenvalue weighted by molar-refractivity contribution is 6.46. The topological polar surface area (TPSA) is 85.3 Å². The number of likely N-dealkylation sites (tertiary alicyclic amines) is 1. The molecule has 0 saturated carbocycles. The molecule has 34 heavy (non-hydrogen) atoms. The Kier molecular flexibility index (Phi) is 6.04. The van der Waals surface area contributed by atoms with Crippen molar-refractivity contribution < 1.29 is 28.9 Å². The fraction of sp³-hybridized carbons (Fsp3) is 0.407. The summed E-state index contributed by atoms with van der Waals surface area (Å²) in [7, 11) is 0. The second-order valence-corrected chi connectivity index (χ2v) is 9.04. The average molecular weight is 464 g/mol. The van der Waals surface area contributed by atoms with Crippen LogP contribution in [-0.2, 0) is 20.7 Å². The first kappa shape index (κ1) is 22.5. The minimum Gasteiger partial charge on any atom is -0.507 e. The second kappa shape index (κ2) is 9.14. The monoisotopic (exact) mass is 463 g/mol. The lowest BCUT2D eigenvalue weighted by Crippen LogP contribution is -2.36. The molecule has 7 nitrogen and oxygen atoms in total. The Labute approximate surface area is 198 Å². The molecule has 1 amide bonds. The van der Waals surface area contributed by atoms with Crippen LogP contribution in [0.2, 0.25) is 0 Å². The van der Waals surface area contributed by atoms with E-state index < -0.39 is 17.7 Å². The first-order chi connectivity index (χ1) is 16.5. The van der Waals surface area contributed by atoms with Crippen LogP contribution in [-0.4, -0.2) is 53.7 Å². The number of hydrogen-bond donors (Lipinski definition) is 1. The number of ketones is 1. The highest BCUT2D eigenvalue weighted by Gasteiger charge is 2.47. The molecule has 1 N–H and O–H groups in total. The SMILES string of the molecule is CCOc1ccc(C2C(=C(O)c3ccc4c(c3)CC(C)O4)C(=O)C(=O)N2CC2CCCO2)cc1. The van der Waals surface area contributed by atoms with E-state index in [-0.39, 0.29) is 23.5 Å². The van der Waals surface area contributed by atoms with Crippen molar-refractivity contribution in [3.63, 3.8) is 0 Å². The lowest BCUT2D eigenvalue weighted by molar-refractivity contribution is -0.140. The van der Waals surface area contributed by atoms with Gasteiger partial charge in [0, 0.05) is 25.1 Å². The summed E-state index contributed by atoms with van der Waals surface area (Å²) in [4.78, 5) is 27.9. The summed E-state index contributed by atoms with van der Waals surface area (Å²) in [5.74, 6) is 0.0176. The normalized spacial score (nSPS) is 25.5. The van der Waals surface area contributed by atoms with Crippen LogP contribution in [0.15, 0.2) is 48.0 Å². The largest absolute Gasteiger partial charge is 0.507 e. The average Bonchev–Trinajstić information content (AvgIpc) is 3.53. The van der Waals surface area contributed by atoms with Crippen LogP contribution < -0.4 is 9.47 Å². The number of benzene rings is 2. The van der Waals surface area contributed by atoms with Gasteiger partial charge in [-0.3, -0.25) is 9.59 Å². The molecule has 0 radical (unpaired) electrons. The summed E-state index contributed by atoms with van der Waals surface area (Å²) in [5.41, 5.74) is 2.31. The molecule has 5 rings (SSSR count). The van der Waals surface area contributed by atoms with Crippen molar-refractivity contribution in [2.24, 2.45) is 0 Å². The number of aliphatic hydroxyl groups excluding tert-OH is 1. The number of rotatable bonds is 6. The van der Waals surface area contributed by atoms with E-state index in [2.05, 4.69) is 0 Å². The van der Waals surface area contributed by atoms with Gasteiger partial charge in [0.2, 0.25) is 0 Å². The molecular weight excluding hydrogens is 434 g/mol. The van der Waals surface area contributed by atoms with Crippen molar-refractivity contribution in [2.45, 2.75) is 51.4 Å². The minimum absolute atomic E-state index is 0.0632. The van der Waals surface area contributed by atoms with Crippen LogP contribution >= 0.6 is 0 Å². The molecular formula is C27H29NO6. The third-order valence-electron chi connectivity index (χ3n) is 6.64.